The van der Waals surface area contributed by atoms with Gasteiger partial charge < -0.3 is 5.32 Å². The van der Waals surface area contributed by atoms with E-state index in [1.807, 2.05) is 6.20 Å². The molecule has 0 fully saturated rings. The van der Waals surface area contributed by atoms with E-state index in [0.717, 1.165) is 11.6 Å². The summed E-state index contributed by atoms with van der Waals surface area (Å²) >= 11 is 1.74. The van der Waals surface area contributed by atoms with Crippen LogP contribution in [0.5, 0.6) is 0 Å². The minimum absolute atomic E-state index is 0.122. The summed E-state index contributed by atoms with van der Waals surface area (Å²) in [4.78, 5) is 5.65. The number of rotatable bonds is 4. The second kappa shape index (κ2) is 4.89. The Balaban J connectivity index is 1.85. The van der Waals surface area contributed by atoms with Gasteiger partial charge in [0.2, 0.25) is 0 Å². The highest BCUT2D eigenvalue weighted by atomic mass is 32.1. The van der Waals surface area contributed by atoms with Crippen molar-refractivity contribution in [2.45, 2.75) is 39.3 Å². The van der Waals surface area contributed by atoms with Crippen LogP contribution in [-0.4, -0.2) is 25.6 Å². The largest absolute Gasteiger partial charge is 0.305 e. The Bertz CT molecular complexity index is 455. The zero-order valence-electron chi connectivity index (χ0n) is 10.2. The molecule has 0 aromatic carbocycles. The van der Waals surface area contributed by atoms with Crippen molar-refractivity contribution in [3.63, 3.8) is 0 Å². The molecule has 2 heterocycles. The zero-order chi connectivity index (χ0) is 12.3. The highest BCUT2D eigenvalue weighted by Gasteiger charge is 2.17. The van der Waals surface area contributed by atoms with Gasteiger partial charge in [0.05, 0.1) is 11.6 Å². The molecule has 0 amide bonds. The van der Waals surface area contributed by atoms with Gasteiger partial charge in [0, 0.05) is 23.0 Å². The van der Waals surface area contributed by atoms with Crippen LogP contribution in [0.25, 0.3) is 0 Å². The zero-order valence-corrected chi connectivity index (χ0v) is 11.0. The van der Waals surface area contributed by atoms with Gasteiger partial charge in [-0.15, -0.1) is 21.5 Å². The molecule has 0 aliphatic rings. The third-order valence-corrected chi connectivity index (χ3v) is 3.59. The molecule has 92 valence electrons. The van der Waals surface area contributed by atoms with Gasteiger partial charge in [-0.3, -0.25) is 0 Å². The van der Waals surface area contributed by atoms with Crippen molar-refractivity contribution in [3.05, 3.63) is 21.9 Å². The summed E-state index contributed by atoms with van der Waals surface area (Å²) < 4.78 is 0. The van der Waals surface area contributed by atoms with Crippen molar-refractivity contribution >= 4 is 11.3 Å². The van der Waals surface area contributed by atoms with E-state index in [0.29, 0.717) is 12.4 Å². The molecule has 0 saturated heterocycles. The number of nitrogens with zero attached hydrogens (tertiary/aromatic N) is 4. The van der Waals surface area contributed by atoms with Crippen molar-refractivity contribution in [1.29, 1.82) is 0 Å². The molecule has 0 atom stereocenters. The van der Waals surface area contributed by atoms with Crippen LogP contribution in [-0.2, 0) is 18.5 Å². The normalized spacial score (nSPS) is 11.9. The average Bonchev–Trinajstić information content (AvgIpc) is 2.86. The predicted octanol–water partition coefficient (Wildman–Crippen LogP) is 1.24. The number of thiazole rings is 1. The van der Waals surface area contributed by atoms with Crippen LogP contribution in [0.15, 0.2) is 6.20 Å². The second-order valence-corrected chi connectivity index (χ2v) is 5.93. The first-order valence-corrected chi connectivity index (χ1v) is 6.25. The smallest absolute Gasteiger partial charge is 0.188 e. The number of H-pyrrole nitrogens is 1. The predicted molar refractivity (Wildman–Crippen MR) is 65.5 cm³/mol. The van der Waals surface area contributed by atoms with Gasteiger partial charge >= 0.3 is 0 Å². The third-order valence-electron chi connectivity index (χ3n) is 2.17. The lowest BCUT2D eigenvalue weighted by Gasteiger charge is -2.13. The third kappa shape index (κ3) is 3.31. The Morgan fingerprint density at radius 3 is 2.76 bits per heavy atom. The molecule has 17 heavy (non-hydrogen) atoms. The lowest BCUT2D eigenvalue weighted by atomic mass is 9.98. The van der Waals surface area contributed by atoms with Crippen molar-refractivity contribution in [2.24, 2.45) is 0 Å². The van der Waals surface area contributed by atoms with Crippen LogP contribution in [0.3, 0.4) is 0 Å². The minimum atomic E-state index is 0.122. The van der Waals surface area contributed by atoms with Crippen LogP contribution in [0, 0.1) is 0 Å². The SMILES string of the molecule is CC(C)(C)c1ncc(CNCc2nn[nH]n2)s1. The van der Waals surface area contributed by atoms with E-state index in [4.69, 9.17) is 0 Å². The maximum absolute atomic E-state index is 4.43. The topological polar surface area (TPSA) is 79.4 Å². The fourth-order valence-corrected chi connectivity index (χ4v) is 2.23. The fraction of sp³-hybridized carbons (Fsp3) is 0.600. The Morgan fingerprint density at radius 1 is 1.35 bits per heavy atom. The molecular formula is C10H16N6S. The van der Waals surface area contributed by atoms with Crippen LogP contribution < -0.4 is 5.32 Å². The van der Waals surface area contributed by atoms with Crippen LogP contribution in [0.2, 0.25) is 0 Å². The highest BCUT2D eigenvalue weighted by Crippen LogP contribution is 2.26. The maximum Gasteiger partial charge on any atom is 0.188 e. The lowest BCUT2D eigenvalue weighted by Crippen LogP contribution is -2.13. The molecule has 0 radical (unpaired) electrons. The van der Waals surface area contributed by atoms with Crippen molar-refractivity contribution in [1.82, 2.24) is 30.9 Å². The summed E-state index contributed by atoms with van der Waals surface area (Å²) in [6.07, 6.45) is 1.93. The van der Waals surface area contributed by atoms with Crippen molar-refractivity contribution < 1.29 is 0 Å². The van der Waals surface area contributed by atoms with E-state index in [1.165, 1.54) is 4.88 Å². The monoisotopic (exact) mass is 252 g/mol. The van der Waals surface area contributed by atoms with Gasteiger partial charge in [0.1, 0.15) is 0 Å². The highest BCUT2D eigenvalue weighted by molar-refractivity contribution is 7.11. The summed E-state index contributed by atoms with van der Waals surface area (Å²) in [6.45, 7) is 7.90. The summed E-state index contributed by atoms with van der Waals surface area (Å²) in [7, 11) is 0. The quantitative estimate of drug-likeness (QED) is 0.856. The molecule has 2 N–H and O–H groups in total. The van der Waals surface area contributed by atoms with E-state index < -0.39 is 0 Å². The Labute approximate surface area is 104 Å². The molecule has 2 aromatic heterocycles. The van der Waals surface area contributed by atoms with Crippen LogP contribution in [0.1, 0.15) is 36.5 Å². The molecule has 0 saturated carbocycles. The molecule has 2 rings (SSSR count). The van der Waals surface area contributed by atoms with E-state index in [1.54, 1.807) is 11.3 Å². The first-order valence-electron chi connectivity index (χ1n) is 5.44. The van der Waals surface area contributed by atoms with Gasteiger partial charge in [0.25, 0.3) is 0 Å². The van der Waals surface area contributed by atoms with Gasteiger partial charge in [-0.2, -0.15) is 5.21 Å². The molecular weight excluding hydrogens is 236 g/mol. The van der Waals surface area contributed by atoms with E-state index in [9.17, 15) is 0 Å². The molecule has 0 aliphatic heterocycles. The first-order chi connectivity index (χ1) is 8.05. The van der Waals surface area contributed by atoms with E-state index >= 15 is 0 Å². The number of nitrogens with one attached hydrogen (secondary N) is 2. The summed E-state index contributed by atoms with van der Waals surface area (Å²) in [5.41, 5.74) is 0.122. The lowest BCUT2D eigenvalue weighted by molar-refractivity contribution is 0.585. The standard InChI is InChI=1S/C10H16N6S/c1-10(2,3)9-12-5-7(17-9)4-11-6-8-13-15-16-14-8/h5,11H,4,6H2,1-3H3,(H,13,14,15,16). The molecule has 6 nitrogen and oxygen atoms in total. The van der Waals surface area contributed by atoms with E-state index in [2.05, 4.69) is 51.7 Å². The van der Waals surface area contributed by atoms with Crippen molar-refractivity contribution in [3.8, 4) is 0 Å². The van der Waals surface area contributed by atoms with Crippen LogP contribution in [0.4, 0.5) is 0 Å². The molecule has 0 aliphatic carbocycles. The second-order valence-electron chi connectivity index (χ2n) is 4.81. The van der Waals surface area contributed by atoms with Gasteiger partial charge in [-0.05, 0) is 0 Å². The Morgan fingerprint density at radius 2 is 2.18 bits per heavy atom. The van der Waals surface area contributed by atoms with Gasteiger partial charge in [-0.1, -0.05) is 26.0 Å². The molecule has 0 spiro atoms. The molecule has 0 bridgehead atoms. The molecule has 2 aromatic rings. The van der Waals surface area contributed by atoms with E-state index in [-0.39, 0.29) is 5.41 Å². The average molecular weight is 252 g/mol. The number of hydrogen-bond donors (Lipinski definition) is 2. The van der Waals surface area contributed by atoms with Gasteiger partial charge in [-0.25, -0.2) is 4.98 Å². The Hall–Kier alpha value is -1.34. The summed E-state index contributed by atoms with van der Waals surface area (Å²) in [5, 5.41) is 18.1. The summed E-state index contributed by atoms with van der Waals surface area (Å²) in [5.74, 6) is 0.672. The maximum atomic E-state index is 4.43. The van der Waals surface area contributed by atoms with Crippen molar-refractivity contribution in [2.75, 3.05) is 0 Å². The van der Waals surface area contributed by atoms with Crippen LogP contribution >= 0.6 is 11.3 Å². The number of aromatic amines is 1. The van der Waals surface area contributed by atoms with Gasteiger partial charge in [0.15, 0.2) is 5.82 Å². The summed E-state index contributed by atoms with van der Waals surface area (Å²) in [6, 6.07) is 0. The fourth-order valence-electron chi connectivity index (χ4n) is 1.29. The number of hydrogen-bond acceptors (Lipinski definition) is 6. The molecule has 7 heteroatoms. The first kappa shape index (κ1) is 12.1. The molecule has 0 unspecified atom stereocenters. The Kier molecular flexibility index (Phi) is 3.49. The minimum Gasteiger partial charge on any atom is -0.305 e. The number of aromatic nitrogens is 5. The number of tetrazole rings is 1.